The van der Waals surface area contributed by atoms with Gasteiger partial charge in [0.15, 0.2) is 5.78 Å². The lowest BCUT2D eigenvalue weighted by Gasteiger charge is -2.37. The zero-order valence-electron chi connectivity index (χ0n) is 15.9. The number of carbonyl (C=O) groups is 1. The molecule has 0 N–H and O–H groups in total. The third-order valence-electron chi connectivity index (χ3n) is 5.35. The van der Waals surface area contributed by atoms with Gasteiger partial charge in [0.2, 0.25) is 0 Å². The Hall–Kier alpha value is -1.40. The first kappa shape index (κ1) is 23.9. The summed E-state index contributed by atoms with van der Waals surface area (Å²) < 4.78 is 14.5. The van der Waals surface area contributed by atoms with Crippen molar-refractivity contribution in [2.24, 2.45) is 5.92 Å². The molecular weight excluding hydrogens is 430 g/mol. The molecule has 3 nitrogen and oxygen atoms in total. The Bertz CT molecular complexity index is 861. The maximum absolute atomic E-state index is 14.5. The van der Waals surface area contributed by atoms with E-state index in [1.54, 1.807) is 18.3 Å². The van der Waals surface area contributed by atoms with Gasteiger partial charge in [-0.2, -0.15) is 12.6 Å². The lowest BCUT2D eigenvalue weighted by molar-refractivity contribution is -0.126. The topological polar surface area (TPSA) is 33.2 Å². The Balaban J connectivity index is 0.00000150. The van der Waals surface area contributed by atoms with Crippen molar-refractivity contribution >= 4 is 49.3 Å². The fourth-order valence-electron chi connectivity index (χ4n) is 3.75. The van der Waals surface area contributed by atoms with Gasteiger partial charge in [-0.1, -0.05) is 30.3 Å². The molecule has 2 aromatic rings. The molecule has 2 aliphatic rings. The van der Waals surface area contributed by atoms with Crippen LogP contribution in [0.4, 0.5) is 4.39 Å². The number of hydrogen-bond acceptors (Lipinski definition) is 4. The van der Waals surface area contributed by atoms with Gasteiger partial charge in [0.05, 0.1) is 6.04 Å². The van der Waals surface area contributed by atoms with Gasteiger partial charge < -0.3 is 0 Å². The predicted octanol–water partition coefficient (Wildman–Crippen LogP) is 5.17. The summed E-state index contributed by atoms with van der Waals surface area (Å²) >= 11 is 4.73. The molecule has 1 aliphatic carbocycles. The Labute approximate surface area is 189 Å². The van der Waals surface area contributed by atoms with Crippen LogP contribution >= 0.6 is 37.4 Å². The van der Waals surface area contributed by atoms with Gasteiger partial charge in [-0.3, -0.25) is 14.7 Å². The number of likely N-dealkylation sites (tertiary alicyclic amines) is 1. The molecule has 0 radical (unpaired) electrons. The molecule has 2 heterocycles. The van der Waals surface area contributed by atoms with E-state index in [0.29, 0.717) is 12.1 Å². The van der Waals surface area contributed by atoms with Gasteiger partial charge in [-0.15, -0.1) is 24.8 Å². The molecule has 0 spiro atoms. The highest BCUT2D eigenvalue weighted by Gasteiger charge is 2.40. The van der Waals surface area contributed by atoms with E-state index in [0.717, 1.165) is 36.9 Å². The molecule has 4 rings (SSSR count). The number of benzene rings is 1. The molecule has 0 bridgehead atoms. The number of piperidine rings is 1. The van der Waals surface area contributed by atoms with E-state index in [1.807, 2.05) is 24.4 Å². The smallest absolute Gasteiger partial charge is 0.157 e. The summed E-state index contributed by atoms with van der Waals surface area (Å²) in [6.45, 7) is 1.34. The molecule has 1 saturated heterocycles. The number of thiol groups is 1. The average Bonchev–Trinajstić information content (AvgIpc) is 3.52. The van der Waals surface area contributed by atoms with E-state index in [1.165, 1.54) is 6.07 Å². The van der Waals surface area contributed by atoms with Gasteiger partial charge in [-0.25, -0.2) is 4.39 Å². The summed E-state index contributed by atoms with van der Waals surface area (Å²) in [7, 11) is 0. The van der Waals surface area contributed by atoms with Gasteiger partial charge in [0, 0.05) is 42.2 Å². The quantitative estimate of drug-likeness (QED) is 0.632. The molecule has 156 valence electrons. The van der Waals surface area contributed by atoms with Crippen LogP contribution < -0.4 is 0 Å². The monoisotopic (exact) mass is 454 g/mol. The Morgan fingerprint density at radius 2 is 1.93 bits per heavy atom. The van der Waals surface area contributed by atoms with Crippen LogP contribution in [0.15, 0.2) is 54.4 Å². The first-order chi connectivity index (χ1) is 13.1. The first-order valence-electron chi connectivity index (χ1n) is 9.44. The Morgan fingerprint density at radius 3 is 2.59 bits per heavy atom. The number of pyridine rings is 1. The highest BCUT2D eigenvalue weighted by molar-refractivity contribution is 7.81. The lowest BCUT2D eigenvalue weighted by Crippen LogP contribution is -2.42. The van der Waals surface area contributed by atoms with Gasteiger partial charge in [0.1, 0.15) is 5.82 Å². The van der Waals surface area contributed by atoms with Crippen LogP contribution in [0.5, 0.6) is 0 Å². The molecule has 1 aliphatic heterocycles. The third-order valence-corrected chi connectivity index (χ3v) is 5.94. The summed E-state index contributed by atoms with van der Waals surface area (Å²) in [6.07, 6.45) is 8.33. The lowest BCUT2D eigenvalue weighted by atomic mass is 9.93. The van der Waals surface area contributed by atoms with Crippen LogP contribution in [0.2, 0.25) is 0 Å². The first-order valence-corrected chi connectivity index (χ1v) is 9.96. The number of Topliss-reactive ketones (excluding diaryl/α,β-unsaturated/α-hetero) is 1. The van der Waals surface area contributed by atoms with Crippen molar-refractivity contribution in [2.45, 2.75) is 30.6 Å². The molecule has 1 aromatic carbocycles. The molecule has 29 heavy (non-hydrogen) atoms. The maximum Gasteiger partial charge on any atom is 0.157 e. The van der Waals surface area contributed by atoms with E-state index < -0.39 is 6.04 Å². The minimum atomic E-state index is -0.517. The van der Waals surface area contributed by atoms with E-state index in [-0.39, 0.29) is 47.6 Å². The highest BCUT2D eigenvalue weighted by Crippen LogP contribution is 2.39. The molecule has 2 unspecified atom stereocenters. The van der Waals surface area contributed by atoms with Crippen LogP contribution in [0.3, 0.4) is 0 Å². The van der Waals surface area contributed by atoms with Crippen LogP contribution in [0.1, 0.15) is 36.4 Å². The molecular formula is C22H25Cl2FN2OS. The maximum atomic E-state index is 14.5. The largest absolute Gasteiger partial charge is 0.297 e. The van der Waals surface area contributed by atoms with E-state index in [4.69, 9.17) is 12.6 Å². The van der Waals surface area contributed by atoms with Crippen molar-refractivity contribution in [3.63, 3.8) is 0 Å². The number of rotatable bonds is 5. The van der Waals surface area contributed by atoms with Gasteiger partial charge in [0.25, 0.3) is 0 Å². The van der Waals surface area contributed by atoms with Crippen molar-refractivity contribution in [1.82, 2.24) is 9.88 Å². The second-order valence-electron chi connectivity index (χ2n) is 7.38. The number of ketones is 1. The van der Waals surface area contributed by atoms with Crippen LogP contribution in [-0.2, 0) is 4.79 Å². The van der Waals surface area contributed by atoms with Crippen molar-refractivity contribution in [2.75, 3.05) is 13.1 Å². The number of halogens is 3. The van der Waals surface area contributed by atoms with E-state index in [2.05, 4.69) is 16.0 Å². The zero-order chi connectivity index (χ0) is 18.8. The summed E-state index contributed by atoms with van der Waals surface area (Å²) in [5.74, 6) is -0.0742. The summed E-state index contributed by atoms with van der Waals surface area (Å²) in [6, 6.07) is 10.1. The second-order valence-corrected chi connectivity index (χ2v) is 8.00. The van der Waals surface area contributed by atoms with Crippen molar-refractivity contribution in [3.05, 3.63) is 71.3 Å². The fraction of sp³-hybridized carbons (Fsp3) is 0.364. The van der Waals surface area contributed by atoms with Crippen molar-refractivity contribution in [3.8, 4) is 0 Å². The zero-order valence-corrected chi connectivity index (χ0v) is 18.4. The van der Waals surface area contributed by atoms with Crippen molar-refractivity contribution < 1.29 is 9.18 Å². The highest BCUT2D eigenvalue weighted by atomic mass is 35.5. The number of hydrogen-bond donors (Lipinski definition) is 1. The molecule has 1 saturated carbocycles. The minimum Gasteiger partial charge on any atom is -0.297 e. The van der Waals surface area contributed by atoms with Crippen LogP contribution in [0, 0.1) is 11.7 Å². The summed E-state index contributed by atoms with van der Waals surface area (Å²) in [4.78, 5) is 19.3. The molecule has 0 amide bonds. The third kappa shape index (κ3) is 5.60. The predicted molar refractivity (Wildman–Crippen MR) is 123 cm³/mol. The van der Waals surface area contributed by atoms with Gasteiger partial charge in [-0.05, 0) is 42.5 Å². The van der Waals surface area contributed by atoms with Crippen LogP contribution in [-0.4, -0.2) is 34.0 Å². The van der Waals surface area contributed by atoms with Gasteiger partial charge >= 0.3 is 0 Å². The minimum absolute atomic E-state index is 0. The number of carbonyl (C=O) groups excluding carboxylic acids is 1. The van der Waals surface area contributed by atoms with Crippen molar-refractivity contribution in [1.29, 1.82) is 0 Å². The van der Waals surface area contributed by atoms with Crippen LogP contribution in [0.25, 0.3) is 6.08 Å². The molecule has 1 aromatic heterocycles. The summed E-state index contributed by atoms with van der Waals surface area (Å²) in [5.41, 5.74) is 2.65. The van der Waals surface area contributed by atoms with E-state index >= 15 is 0 Å². The SMILES string of the molecule is Cl.Cl.O=C(C1CC1)C(c1ccccc1F)N1CCC(S)/C(=C/c2cccnc2)C1. The Kier molecular flexibility index (Phi) is 8.71. The second kappa shape index (κ2) is 10.6. The fourth-order valence-corrected chi connectivity index (χ4v) is 4.02. The molecule has 2 atom stereocenters. The molecule has 7 heteroatoms. The summed E-state index contributed by atoms with van der Waals surface area (Å²) in [5, 5.41) is 0.138. The van der Waals surface area contributed by atoms with E-state index in [9.17, 15) is 9.18 Å². The average molecular weight is 455 g/mol. The molecule has 2 fully saturated rings. The standard InChI is InChI=1S/C22H23FN2OS.2ClH/c23-19-6-2-1-5-18(19)21(22(26)16-7-8-16)25-11-9-20(27)17(14-25)12-15-4-3-10-24-13-15;;/h1-6,10,12-13,16,20-21,27H,7-9,11,14H2;2*1H/b17-12+;;. The Morgan fingerprint density at radius 1 is 1.17 bits per heavy atom. The normalized spacial score (nSPS) is 21.7. The number of aromatic nitrogens is 1. The number of nitrogens with zero attached hydrogens (tertiary/aromatic N) is 2.